The Balaban J connectivity index is 2.20. The maximum absolute atomic E-state index is 11.8. The van der Waals surface area contributed by atoms with Gasteiger partial charge >= 0.3 is 5.91 Å². The standard InChI is InChI=1S/C11H17N3O4S2/c1-20(16,17)9-7-19-5-3-14(9)6-8-2-4-18-10(8)11(15)13-12/h2,4,9H,3,5-7,12H2,1H3,(H,13,15). The van der Waals surface area contributed by atoms with Gasteiger partial charge in [-0.05, 0) is 6.07 Å². The third-order valence-corrected chi connectivity index (χ3v) is 5.83. The van der Waals surface area contributed by atoms with Crippen LogP contribution in [0, 0.1) is 0 Å². The number of carbonyl (C=O) groups is 1. The number of furan rings is 1. The number of amides is 1. The van der Waals surface area contributed by atoms with E-state index < -0.39 is 21.1 Å². The molecular formula is C11H17N3O4S2. The van der Waals surface area contributed by atoms with Crippen molar-refractivity contribution in [2.75, 3.05) is 24.3 Å². The topological polar surface area (TPSA) is 106 Å². The number of thioether (sulfide) groups is 1. The maximum Gasteiger partial charge on any atom is 0.301 e. The van der Waals surface area contributed by atoms with E-state index in [1.165, 1.54) is 12.5 Å². The summed E-state index contributed by atoms with van der Waals surface area (Å²) >= 11 is 1.62. The van der Waals surface area contributed by atoms with Gasteiger partial charge in [0.2, 0.25) is 0 Å². The molecule has 1 fully saturated rings. The van der Waals surface area contributed by atoms with Gasteiger partial charge in [-0.3, -0.25) is 15.1 Å². The van der Waals surface area contributed by atoms with E-state index in [1.807, 2.05) is 10.3 Å². The summed E-state index contributed by atoms with van der Waals surface area (Å²) in [6.45, 7) is 0.995. The predicted molar refractivity (Wildman–Crippen MR) is 76.7 cm³/mol. The van der Waals surface area contributed by atoms with Crippen LogP contribution in [0.15, 0.2) is 16.7 Å². The normalized spacial score (nSPS) is 20.8. The van der Waals surface area contributed by atoms with Gasteiger partial charge in [-0.1, -0.05) is 0 Å². The first-order valence-corrected chi connectivity index (χ1v) is 9.12. The highest BCUT2D eigenvalue weighted by molar-refractivity contribution is 8.00. The summed E-state index contributed by atoms with van der Waals surface area (Å²) in [5.74, 6) is 6.09. The third kappa shape index (κ3) is 3.35. The molecule has 1 atom stereocenters. The van der Waals surface area contributed by atoms with Crippen LogP contribution in [-0.4, -0.2) is 48.9 Å². The molecule has 2 rings (SSSR count). The lowest BCUT2D eigenvalue weighted by Crippen LogP contribution is -2.46. The van der Waals surface area contributed by atoms with E-state index in [2.05, 4.69) is 0 Å². The number of rotatable bonds is 4. The molecule has 1 aliphatic heterocycles. The van der Waals surface area contributed by atoms with Crippen molar-refractivity contribution in [3.8, 4) is 0 Å². The minimum atomic E-state index is -3.17. The van der Waals surface area contributed by atoms with Crippen molar-refractivity contribution in [2.24, 2.45) is 5.84 Å². The van der Waals surface area contributed by atoms with Gasteiger partial charge in [-0.15, -0.1) is 0 Å². The molecule has 1 unspecified atom stereocenters. The third-order valence-electron chi connectivity index (χ3n) is 3.14. The number of nitrogens with one attached hydrogen (secondary N) is 1. The summed E-state index contributed by atoms with van der Waals surface area (Å²) < 4.78 is 28.8. The highest BCUT2D eigenvalue weighted by Crippen LogP contribution is 2.23. The fourth-order valence-electron chi connectivity index (χ4n) is 2.13. The monoisotopic (exact) mass is 319 g/mol. The average molecular weight is 319 g/mol. The Morgan fingerprint density at radius 1 is 1.65 bits per heavy atom. The molecule has 2 heterocycles. The first kappa shape index (κ1) is 15.4. The van der Waals surface area contributed by atoms with Gasteiger partial charge in [-0.2, -0.15) is 11.8 Å². The molecule has 0 spiro atoms. The molecule has 1 amide bonds. The first-order valence-electron chi connectivity index (χ1n) is 6.01. The molecule has 0 aromatic carbocycles. The highest BCUT2D eigenvalue weighted by atomic mass is 32.2. The van der Waals surface area contributed by atoms with E-state index in [0.29, 0.717) is 24.4 Å². The summed E-state index contributed by atoms with van der Waals surface area (Å²) in [4.78, 5) is 13.4. The van der Waals surface area contributed by atoms with E-state index in [0.717, 1.165) is 5.75 Å². The van der Waals surface area contributed by atoms with Gasteiger partial charge in [0.05, 0.1) is 6.26 Å². The number of sulfone groups is 1. The summed E-state index contributed by atoms with van der Waals surface area (Å²) in [6.07, 6.45) is 2.63. The Labute approximate surface area is 121 Å². The lowest BCUT2D eigenvalue weighted by molar-refractivity contribution is 0.0923. The van der Waals surface area contributed by atoms with Crippen LogP contribution in [0.4, 0.5) is 0 Å². The fourth-order valence-corrected chi connectivity index (χ4v) is 5.08. The molecule has 1 saturated heterocycles. The van der Waals surface area contributed by atoms with Gasteiger partial charge in [0, 0.05) is 36.4 Å². The second-order valence-corrected chi connectivity index (χ2v) is 7.93. The van der Waals surface area contributed by atoms with Gasteiger partial charge in [0.15, 0.2) is 15.6 Å². The molecule has 20 heavy (non-hydrogen) atoms. The number of carbonyl (C=O) groups excluding carboxylic acids is 1. The van der Waals surface area contributed by atoms with Gasteiger partial charge in [0.25, 0.3) is 0 Å². The number of nitrogens with two attached hydrogens (primary N) is 1. The van der Waals surface area contributed by atoms with Crippen LogP contribution in [0.5, 0.6) is 0 Å². The van der Waals surface area contributed by atoms with Crippen molar-refractivity contribution >= 4 is 27.5 Å². The minimum absolute atomic E-state index is 0.123. The Morgan fingerprint density at radius 2 is 2.40 bits per heavy atom. The molecule has 1 aromatic heterocycles. The van der Waals surface area contributed by atoms with Crippen LogP contribution in [0.2, 0.25) is 0 Å². The number of nitrogen functional groups attached to an aromatic ring is 1. The molecule has 1 aliphatic rings. The van der Waals surface area contributed by atoms with Crippen LogP contribution < -0.4 is 11.3 Å². The summed E-state index contributed by atoms with van der Waals surface area (Å²) in [5.41, 5.74) is 2.65. The van der Waals surface area contributed by atoms with Gasteiger partial charge < -0.3 is 4.42 Å². The average Bonchev–Trinajstić information content (AvgIpc) is 2.85. The Bertz CT molecular complexity index is 584. The predicted octanol–water partition coefficient (Wildman–Crippen LogP) is -0.197. The SMILES string of the molecule is CS(=O)(=O)C1CSCCN1Cc1ccoc1C(=O)NN. The molecule has 0 radical (unpaired) electrons. The number of hydrogen-bond acceptors (Lipinski definition) is 7. The molecule has 9 heteroatoms. The number of hydrogen-bond donors (Lipinski definition) is 2. The Morgan fingerprint density at radius 3 is 3.05 bits per heavy atom. The van der Waals surface area contributed by atoms with Crippen LogP contribution >= 0.6 is 11.8 Å². The van der Waals surface area contributed by atoms with E-state index in [4.69, 9.17) is 10.3 Å². The largest absolute Gasteiger partial charge is 0.459 e. The molecule has 0 bridgehead atoms. The maximum atomic E-state index is 11.8. The molecule has 3 N–H and O–H groups in total. The first-order chi connectivity index (χ1) is 9.43. The van der Waals surface area contributed by atoms with Crippen molar-refractivity contribution in [1.82, 2.24) is 10.3 Å². The molecule has 7 nitrogen and oxygen atoms in total. The number of hydrazine groups is 1. The molecule has 0 aliphatic carbocycles. The van der Waals surface area contributed by atoms with Crippen molar-refractivity contribution < 1.29 is 17.6 Å². The van der Waals surface area contributed by atoms with E-state index in [9.17, 15) is 13.2 Å². The highest BCUT2D eigenvalue weighted by Gasteiger charge is 2.32. The van der Waals surface area contributed by atoms with E-state index in [-0.39, 0.29) is 5.76 Å². The molecule has 112 valence electrons. The quantitative estimate of drug-likeness (QED) is 0.450. The van der Waals surface area contributed by atoms with E-state index >= 15 is 0 Å². The van der Waals surface area contributed by atoms with Crippen molar-refractivity contribution in [1.29, 1.82) is 0 Å². The zero-order valence-corrected chi connectivity index (χ0v) is 12.7. The van der Waals surface area contributed by atoms with E-state index in [1.54, 1.807) is 17.8 Å². The summed E-state index contributed by atoms with van der Waals surface area (Å²) in [5, 5.41) is -0.537. The minimum Gasteiger partial charge on any atom is -0.459 e. The summed E-state index contributed by atoms with van der Waals surface area (Å²) in [7, 11) is -3.17. The Kier molecular flexibility index (Phi) is 4.74. The molecule has 0 saturated carbocycles. The summed E-state index contributed by atoms with van der Waals surface area (Å²) in [6, 6.07) is 1.66. The second-order valence-electron chi connectivity index (χ2n) is 4.58. The van der Waals surface area contributed by atoms with Crippen LogP contribution in [0.3, 0.4) is 0 Å². The van der Waals surface area contributed by atoms with Gasteiger partial charge in [0.1, 0.15) is 5.37 Å². The lowest BCUT2D eigenvalue weighted by Gasteiger charge is -2.33. The molecular weight excluding hydrogens is 302 g/mol. The van der Waals surface area contributed by atoms with Crippen LogP contribution in [0.1, 0.15) is 16.1 Å². The smallest absolute Gasteiger partial charge is 0.301 e. The van der Waals surface area contributed by atoms with Crippen molar-refractivity contribution in [2.45, 2.75) is 11.9 Å². The van der Waals surface area contributed by atoms with Crippen molar-refractivity contribution in [3.63, 3.8) is 0 Å². The lowest BCUT2D eigenvalue weighted by atomic mass is 10.2. The zero-order valence-electron chi connectivity index (χ0n) is 11.0. The molecule has 1 aromatic rings. The van der Waals surface area contributed by atoms with Crippen molar-refractivity contribution in [3.05, 3.63) is 23.7 Å². The zero-order chi connectivity index (χ0) is 14.8. The fraction of sp³-hybridized carbons (Fsp3) is 0.545. The Hall–Kier alpha value is -1.03. The van der Waals surface area contributed by atoms with Gasteiger partial charge in [-0.25, -0.2) is 14.3 Å². The van der Waals surface area contributed by atoms with Crippen LogP contribution in [-0.2, 0) is 16.4 Å². The second kappa shape index (κ2) is 6.17. The number of nitrogens with zero attached hydrogens (tertiary/aromatic N) is 1. The van der Waals surface area contributed by atoms with Crippen LogP contribution in [0.25, 0.3) is 0 Å².